The highest BCUT2D eigenvalue weighted by atomic mass is 16.5. The zero-order valence-electron chi connectivity index (χ0n) is 17.1. The van der Waals surface area contributed by atoms with Crippen molar-refractivity contribution in [1.82, 2.24) is 9.80 Å². The number of benzene rings is 1. The van der Waals surface area contributed by atoms with Crippen molar-refractivity contribution in [3.05, 3.63) is 18.2 Å². The van der Waals surface area contributed by atoms with Crippen molar-refractivity contribution in [3.63, 3.8) is 0 Å². The molecule has 2 saturated heterocycles. The van der Waals surface area contributed by atoms with Crippen LogP contribution in [0.2, 0.25) is 0 Å². The zero-order chi connectivity index (χ0) is 20.3. The Kier molecular flexibility index (Phi) is 6.44. The fourth-order valence-electron chi connectivity index (χ4n) is 4.13. The van der Waals surface area contributed by atoms with Crippen molar-refractivity contribution in [2.24, 2.45) is 0 Å². The van der Waals surface area contributed by atoms with Crippen LogP contribution in [0.3, 0.4) is 0 Å². The van der Waals surface area contributed by atoms with Crippen LogP contribution in [0.25, 0.3) is 0 Å². The number of rotatable bonds is 6. The molecule has 154 valence electrons. The number of piperidine rings is 1. The molecule has 0 bridgehead atoms. The van der Waals surface area contributed by atoms with E-state index in [2.05, 4.69) is 9.80 Å². The highest BCUT2D eigenvalue weighted by molar-refractivity contribution is 5.97. The lowest BCUT2D eigenvalue weighted by molar-refractivity contribution is -0.156. The lowest BCUT2D eigenvalue weighted by Crippen LogP contribution is -2.59. The van der Waals surface area contributed by atoms with Gasteiger partial charge in [0.1, 0.15) is 17.2 Å². The smallest absolute Gasteiger partial charge is 0.230 e. The van der Waals surface area contributed by atoms with Crippen LogP contribution < -0.4 is 9.64 Å². The molecule has 7 heteroatoms. The number of anilines is 1. The van der Waals surface area contributed by atoms with Gasteiger partial charge in [0.2, 0.25) is 11.8 Å². The second-order valence-electron chi connectivity index (χ2n) is 7.71. The van der Waals surface area contributed by atoms with Crippen molar-refractivity contribution >= 4 is 17.5 Å². The van der Waals surface area contributed by atoms with Gasteiger partial charge < -0.3 is 14.7 Å². The minimum absolute atomic E-state index is 0.0161. The molecule has 0 spiro atoms. The third-order valence-corrected chi connectivity index (χ3v) is 5.37. The molecule has 2 heterocycles. The van der Waals surface area contributed by atoms with E-state index in [-0.39, 0.29) is 29.8 Å². The maximum absolute atomic E-state index is 12.3. The minimum Gasteiger partial charge on any atom is -0.506 e. The highest BCUT2D eigenvalue weighted by Gasteiger charge is 2.36. The summed E-state index contributed by atoms with van der Waals surface area (Å²) in [6.45, 7) is 8.76. The van der Waals surface area contributed by atoms with Crippen LogP contribution in [-0.4, -0.2) is 65.2 Å². The topological polar surface area (TPSA) is 73.3 Å². The Morgan fingerprint density at radius 2 is 1.71 bits per heavy atom. The van der Waals surface area contributed by atoms with E-state index in [9.17, 15) is 14.7 Å². The van der Waals surface area contributed by atoms with Crippen LogP contribution in [0.1, 0.15) is 46.5 Å². The van der Waals surface area contributed by atoms with Crippen LogP contribution in [0.4, 0.5) is 5.69 Å². The van der Waals surface area contributed by atoms with Crippen molar-refractivity contribution in [2.45, 2.75) is 58.7 Å². The zero-order valence-corrected chi connectivity index (χ0v) is 17.1. The molecule has 2 amide bonds. The number of phenolic OH excluding ortho intramolecular Hbond substituents is 1. The van der Waals surface area contributed by atoms with Crippen molar-refractivity contribution in [1.29, 1.82) is 0 Å². The van der Waals surface area contributed by atoms with Crippen molar-refractivity contribution in [2.75, 3.05) is 31.1 Å². The molecule has 2 aliphatic heterocycles. The van der Waals surface area contributed by atoms with Crippen LogP contribution in [0.15, 0.2) is 18.2 Å². The summed E-state index contributed by atoms with van der Waals surface area (Å²) >= 11 is 0. The summed E-state index contributed by atoms with van der Waals surface area (Å²) in [5.74, 6) is 0.773. The van der Waals surface area contributed by atoms with Gasteiger partial charge in [-0.3, -0.25) is 19.4 Å². The number of piperazine rings is 1. The third-order valence-electron chi connectivity index (χ3n) is 5.37. The average Bonchev–Trinajstić information content (AvgIpc) is 2.65. The quantitative estimate of drug-likeness (QED) is 0.754. The number of hydrogen-bond donors (Lipinski definition) is 1. The number of nitrogens with zero attached hydrogens (tertiary/aromatic N) is 3. The number of likely N-dealkylation sites (tertiary alicyclic amines) is 1. The number of phenols is 1. The van der Waals surface area contributed by atoms with E-state index >= 15 is 0 Å². The monoisotopic (exact) mass is 389 g/mol. The number of aromatic hydroxyl groups is 1. The fraction of sp³-hybridized carbons (Fsp3) is 0.619. The molecular weight excluding hydrogens is 358 g/mol. The molecule has 1 unspecified atom stereocenters. The standard InChI is InChI=1S/C21H31N3O4/c1-4-18(24-19(26)9-6-10-20(24)27)22-11-13-23(14-12-22)21-16(25)7-5-8-17(21)28-15(2)3/h5,7-8,15,18,25H,4,6,9-14H2,1-3H3. The van der Waals surface area contributed by atoms with Gasteiger partial charge in [0.15, 0.2) is 0 Å². The first kappa shape index (κ1) is 20.5. The van der Waals surface area contributed by atoms with Crippen LogP contribution in [-0.2, 0) is 9.59 Å². The van der Waals surface area contributed by atoms with Crippen LogP contribution >= 0.6 is 0 Å². The molecule has 0 aliphatic carbocycles. The second-order valence-corrected chi connectivity index (χ2v) is 7.71. The predicted octanol–water partition coefficient (Wildman–Crippen LogP) is 2.58. The molecule has 2 fully saturated rings. The number of carbonyl (C=O) groups is 2. The molecule has 0 radical (unpaired) electrons. The van der Waals surface area contributed by atoms with E-state index in [1.165, 1.54) is 4.90 Å². The van der Waals surface area contributed by atoms with Crippen LogP contribution in [0.5, 0.6) is 11.5 Å². The Bertz CT molecular complexity index is 698. The molecule has 3 rings (SSSR count). The molecule has 0 saturated carbocycles. The van der Waals surface area contributed by atoms with Gasteiger partial charge in [0.05, 0.1) is 12.3 Å². The van der Waals surface area contributed by atoms with E-state index in [1.807, 2.05) is 26.8 Å². The van der Waals surface area contributed by atoms with Gasteiger partial charge in [-0.2, -0.15) is 0 Å². The summed E-state index contributed by atoms with van der Waals surface area (Å²) in [5, 5.41) is 10.4. The summed E-state index contributed by atoms with van der Waals surface area (Å²) in [4.78, 5) is 30.5. The molecule has 0 aromatic heterocycles. The molecule has 1 N–H and O–H groups in total. The maximum atomic E-state index is 12.3. The Labute approximate surface area is 166 Å². The first-order valence-corrected chi connectivity index (χ1v) is 10.2. The Morgan fingerprint density at radius 1 is 1.07 bits per heavy atom. The van der Waals surface area contributed by atoms with Crippen molar-refractivity contribution in [3.8, 4) is 11.5 Å². The summed E-state index contributed by atoms with van der Waals surface area (Å²) in [6, 6.07) is 5.34. The van der Waals surface area contributed by atoms with Crippen molar-refractivity contribution < 1.29 is 19.4 Å². The first-order valence-electron chi connectivity index (χ1n) is 10.2. The van der Waals surface area contributed by atoms with E-state index in [0.717, 1.165) is 6.42 Å². The van der Waals surface area contributed by atoms with E-state index in [4.69, 9.17) is 4.74 Å². The molecule has 1 atom stereocenters. The Morgan fingerprint density at radius 3 is 2.29 bits per heavy atom. The minimum atomic E-state index is -0.182. The van der Waals surface area contributed by atoms with Gasteiger partial charge >= 0.3 is 0 Å². The fourth-order valence-corrected chi connectivity index (χ4v) is 4.13. The predicted molar refractivity (Wildman–Crippen MR) is 107 cm³/mol. The summed E-state index contributed by atoms with van der Waals surface area (Å²) < 4.78 is 5.89. The number of imide groups is 1. The molecule has 1 aromatic carbocycles. The lowest BCUT2D eigenvalue weighted by Gasteiger charge is -2.44. The maximum Gasteiger partial charge on any atom is 0.230 e. The summed E-state index contributed by atoms with van der Waals surface area (Å²) in [7, 11) is 0. The van der Waals surface area contributed by atoms with Gasteiger partial charge in [0, 0.05) is 39.0 Å². The molecular formula is C21H31N3O4. The number of carbonyl (C=O) groups excluding carboxylic acids is 2. The average molecular weight is 389 g/mol. The number of ether oxygens (including phenoxy) is 1. The summed E-state index contributed by atoms with van der Waals surface area (Å²) in [6.07, 6.45) is 2.12. The van der Waals surface area contributed by atoms with Gasteiger partial charge in [-0.05, 0) is 38.8 Å². The Hall–Kier alpha value is -2.28. The highest BCUT2D eigenvalue weighted by Crippen LogP contribution is 2.38. The third kappa shape index (κ3) is 4.24. The van der Waals surface area contributed by atoms with Gasteiger partial charge in [-0.25, -0.2) is 0 Å². The van der Waals surface area contributed by atoms with Gasteiger partial charge in [0.25, 0.3) is 0 Å². The van der Waals surface area contributed by atoms with Gasteiger partial charge in [-0.15, -0.1) is 0 Å². The van der Waals surface area contributed by atoms with Crippen LogP contribution in [0, 0.1) is 0 Å². The lowest BCUT2D eigenvalue weighted by atomic mass is 10.1. The van der Waals surface area contributed by atoms with Gasteiger partial charge in [-0.1, -0.05) is 13.0 Å². The molecule has 7 nitrogen and oxygen atoms in total. The molecule has 1 aromatic rings. The largest absolute Gasteiger partial charge is 0.506 e. The number of para-hydroxylation sites is 1. The summed E-state index contributed by atoms with van der Waals surface area (Å²) in [5.41, 5.74) is 0.717. The Balaban J connectivity index is 1.72. The number of hydrogen-bond acceptors (Lipinski definition) is 6. The SMILES string of the molecule is CCC(N1CCN(c2c(O)cccc2OC(C)C)CC1)N1C(=O)CCCC1=O. The van der Waals surface area contributed by atoms with E-state index in [0.29, 0.717) is 56.9 Å². The van der Waals surface area contributed by atoms with E-state index < -0.39 is 0 Å². The second kappa shape index (κ2) is 8.82. The first-order chi connectivity index (χ1) is 13.4. The molecule has 28 heavy (non-hydrogen) atoms. The number of amides is 2. The van der Waals surface area contributed by atoms with E-state index in [1.54, 1.807) is 12.1 Å². The molecule has 2 aliphatic rings. The normalized spacial score (nSPS) is 20.0.